The van der Waals surface area contributed by atoms with Gasteiger partial charge in [-0.1, -0.05) is 55.7 Å². The molecule has 1 aliphatic carbocycles. The van der Waals surface area contributed by atoms with Crippen molar-refractivity contribution in [3.63, 3.8) is 0 Å². The van der Waals surface area contributed by atoms with Crippen molar-refractivity contribution in [2.45, 2.75) is 38.0 Å². The molecule has 5 nitrogen and oxygen atoms in total. The van der Waals surface area contributed by atoms with Crippen LogP contribution in [0.5, 0.6) is 0 Å². The number of hydrogen-bond acceptors (Lipinski definition) is 3. The Labute approximate surface area is 164 Å². The molecule has 0 atom stereocenters. The van der Waals surface area contributed by atoms with E-state index in [1.54, 1.807) is 0 Å². The summed E-state index contributed by atoms with van der Waals surface area (Å²) in [6.07, 6.45) is 7.02. The summed E-state index contributed by atoms with van der Waals surface area (Å²) in [5.74, 6) is 0.701. The Kier molecular flexibility index (Phi) is 5.33. The number of rotatable bonds is 4. The van der Waals surface area contributed by atoms with E-state index in [2.05, 4.69) is 34.6 Å². The number of carbonyl (C=O) groups is 1. The predicted molar refractivity (Wildman–Crippen MR) is 113 cm³/mol. The fourth-order valence-corrected chi connectivity index (χ4v) is 4.01. The Morgan fingerprint density at radius 1 is 1.07 bits per heavy atom. The highest BCUT2D eigenvalue weighted by Crippen LogP contribution is 2.35. The molecule has 1 amide bonds. The fraction of sp³-hybridized carbons (Fsp3) is 0.261. The first-order valence-corrected chi connectivity index (χ1v) is 9.79. The third-order valence-electron chi connectivity index (χ3n) is 5.40. The summed E-state index contributed by atoms with van der Waals surface area (Å²) < 4.78 is 0. The third-order valence-corrected chi connectivity index (χ3v) is 5.40. The number of benzene rings is 2. The Balaban J connectivity index is 1.78. The molecule has 1 fully saturated rings. The molecule has 0 unspecified atom stereocenters. The van der Waals surface area contributed by atoms with Gasteiger partial charge in [-0.2, -0.15) is 0 Å². The maximum Gasteiger partial charge on any atom is 0.213 e. The van der Waals surface area contributed by atoms with Gasteiger partial charge >= 0.3 is 0 Å². The van der Waals surface area contributed by atoms with E-state index in [0.29, 0.717) is 18.0 Å². The molecule has 3 aromatic rings. The summed E-state index contributed by atoms with van der Waals surface area (Å²) in [6, 6.07) is 18.4. The summed E-state index contributed by atoms with van der Waals surface area (Å²) in [4.78, 5) is 19.9. The van der Waals surface area contributed by atoms with Crippen molar-refractivity contribution < 1.29 is 4.79 Å². The van der Waals surface area contributed by atoms with Gasteiger partial charge < -0.3 is 5.73 Å². The Morgan fingerprint density at radius 2 is 1.89 bits per heavy atom. The number of carbonyl (C=O) groups excluding carboxylic acids is 1. The highest BCUT2D eigenvalue weighted by atomic mass is 16.1. The molecule has 1 heterocycles. The zero-order chi connectivity index (χ0) is 19.3. The lowest BCUT2D eigenvalue weighted by Gasteiger charge is -2.22. The zero-order valence-electron chi connectivity index (χ0n) is 15.8. The molecule has 3 N–H and O–H groups in total. The monoisotopic (exact) mass is 372 g/mol. The lowest BCUT2D eigenvalue weighted by Crippen LogP contribution is -2.29. The van der Waals surface area contributed by atoms with Crippen molar-refractivity contribution >= 4 is 29.0 Å². The minimum Gasteiger partial charge on any atom is -0.369 e. The maximum atomic E-state index is 10.7. The van der Waals surface area contributed by atoms with Gasteiger partial charge in [-0.15, -0.1) is 0 Å². The van der Waals surface area contributed by atoms with Crippen LogP contribution in [-0.2, 0) is 4.79 Å². The van der Waals surface area contributed by atoms with Crippen LogP contribution in [0.3, 0.4) is 0 Å². The highest BCUT2D eigenvalue weighted by molar-refractivity contribution is 5.97. The lowest BCUT2D eigenvalue weighted by atomic mass is 9.83. The number of aromatic nitrogens is 1. The number of guanidine groups is 1. The highest BCUT2D eigenvalue weighted by Gasteiger charge is 2.16. The first-order valence-electron chi connectivity index (χ1n) is 9.79. The van der Waals surface area contributed by atoms with E-state index >= 15 is 0 Å². The lowest BCUT2D eigenvalue weighted by molar-refractivity contribution is -0.108. The van der Waals surface area contributed by atoms with Gasteiger partial charge in [-0.3, -0.25) is 10.1 Å². The maximum absolute atomic E-state index is 10.7. The number of aliphatic imine (C=N–C) groups is 1. The van der Waals surface area contributed by atoms with E-state index in [9.17, 15) is 4.79 Å². The van der Waals surface area contributed by atoms with Crippen molar-refractivity contribution in [3.8, 4) is 11.3 Å². The van der Waals surface area contributed by atoms with Crippen LogP contribution in [0.1, 0.15) is 43.6 Å². The summed E-state index contributed by atoms with van der Waals surface area (Å²) >= 11 is 0. The predicted octanol–water partition coefficient (Wildman–Crippen LogP) is 4.64. The molecule has 1 aromatic heterocycles. The molecule has 4 rings (SSSR count). The van der Waals surface area contributed by atoms with Gasteiger partial charge in [-0.05, 0) is 42.5 Å². The number of hydrogen-bond donors (Lipinski definition) is 2. The van der Waals surface area contributed by atoms with Gasteiger partial charge in [0.15, 0.2) is 5.96 Å². The first kappa shape index (κ1) is 18.2. The van der Waals surface area contributed by atoms with Gasteiger partial charge in [0.05, 0.1) is 16.9 Å². The molecule has 0 spiro atoms. The fourth-order valence-electron chi connectivity index (χ4n) is 4.01. The van der Waals surface area contributed by atoms with Gasteiger partial charge in [-0.25, -0.2) is 9.98 Å². The van der Waals surface area contributed by atoms with Crippen molar-refractivity contribution in [2.75, 3.05) is 0 Å². The van der Waals surface area contributed by atoms with Crippen LogP contribution >= 0.6 is 0 Å². The second-order valence-electron chi connectivity index (χ2n) is 7.26. The molecular formula is C23H24N4O. The number of nitrogens with one attached hydrogen (secondary N) is 1. The number of nitrogens with zero attached hydrogens (tertiary/aromatic N) is 2. The zero-order valence-corrected chi connectivity index (χ0v) is 15.8. The summed E-state index contributed by atoms with van der Waals surface area (Å²) in [6.45, 7) is 0. The quantitative estimate of drug-likeness (QED) is 0.398. The van der Waals surface area contributed by atoms with Crippen molar-refractivity contribution in [1.82, 2.24) is 10.3 Å². The Hall–Kier alpha value is -3.21. The van der Waals surface area contributed by atoms with Crippen LogP contribution < -0.4 is 11.1 Å². The van der Waals surface area contributed by atoms with Crippen LogP contribution in [0.25, 0.3) is 22.2 Å². The van der Waals surface area contributed by atoms with Gasteiger partial charge in [0, 0.05) is 10.9 Å². The summed E-state index contributed by atoms with van der Waals surface area (Å²) in [5.41, 5.74) is 10.7. The van der Waals surface area contributed by atoms with Gasteiger partial charge in [0.1, 0.15) is 0 Å². The van der Waals surface area contributed by atoms with E-state index in [0.717, 1.165) is 22.2 Å². The Morgan fingerprint density at radius 3 is 2.71 bits per heavy atom. The van der Waals surface area contributed by atoms with Crippen LogP contribution in [0, 0.1) is 0 Å². The number of nitrogens with two attached hydrogens (primary N) is 1. The SMILES string of the molecule is NC(=Nc1cc(-c2cccc(C3CCCCC3)c2)nc2ccccc12)NC=O. The molecule has 1 aliphatic rings. The average molecular weight is 372 g/mol. The van der Waals surface area contributed by atoms with E-state index < -0.39 is 0 Å². The normalized spacial score (nSPS) is 15.5. The molecule has 5 heteroatoms. The van der Waals surface area contributed by atoms with Crippen LogP contribution in [0.15, 0.2) is 59.6 Å². The summed E-state index contributed by atoms with van der Waals surface area (Å²) in [5, 5.41) is 3.29. The van der Waals surface area contributed by atoms with Crippen LogP contribution in [-0.4, -0.2) is 17.4 Å². The molecule has 142 valence electrons. The molecular weight excluding hydrogens is 348 g/mol. The number of para-hydroxylation sites is 1. The van der Waals surface area contributed by atoms with Gasteiger partial charge in [0.2, 0.25) is 6.41 Å². The third kappa shape index (κ3) is 3.88. The van der Waals surface area contributed by atoms with Crippen molar-refractivity contribution in [3.05, 3.63) is 60.2 Å². The topological polar surface area (TPSA) is 80.4 Å². The summed E-state index contributed by atoms with van der Waals surface area (Å²) in [7, 11) is 0. The molecule has 0 saturated heterocycles. The average Bonchev–Trinajstić information content (AvgIpc) is 2.74. The van der Waals surface area contributed by atoms with E-state index in [4.69, 9.17) is 10.7 Å². The number of amides is 1. The van der Waals surface area contributed by atoms with Crippen LogP contribution in [0.4, 0.5) is 5.69 Å². The smallest absolute Gasteiger partial charge is 0.213 e. The van der Waals surface area contributed by atoms with Crippen molar-refractivity contribution in [2.24, 2.45) is 10.7 Å². The molecule has 2 aromatic carbocycles. The van der Waals surface area contributed by atoms with Crippen LogP contribution in [0.2, 0.25) is 0 Å². The van der Waals surface area contributed by atoms with E-state index in [1.807, 2.05) is 30.3 Å². The standard InChI is InChI=1S/C23H24N4O/c24-23(25-15-28)27-22-14-21(26-20-12-5-4-11-19(20)22)18-10-6-9-17(13-18)16-7-2-1-3-8-16/h4-6,9-16H,1-3,7-8H2,(H3,24,25,26,27,28). The largest absolute Gasteiger partial charge is 0.369 e. The number of pyridine rings is 1. The molecule has 0 aliphatic heterocycles. The molecule has 28 heavy (non-hydrogen) atoms. The number of fused-ring (bicyclic) bond motifs is 1. The van der Waals surface area contributed by atoms with E-state index in [1.165, 1.54) is 37.7 Å². The molecule has 1 saturated carbocycles. The minimum absolute atomic E-state index is 0.0632. The molecule has 0 radical (unpaired) electrons. The van der Waals surface area contributed by atoms with Gasteiger partial charge in [0.25, 0.3) is 0 Å². The molecule has 0 bridgehead atoms. The first-order chi connectivity index (χ1) is 13.7. The second-order valence-corrected chi connectivity index (χ2v) is 7.26. The minimum atomic E-state index is 0.0632. The second kappa shape index (κ2) is 8.21. The van der Waals surface area contributed by atoms with E-state index in [-0.39, 0.29) is 5.96 Å². The Bertz CT molecular complexity index is 1020. The van der Waals surface area contributed by atoms with Crippen molar-refractivity contribution in [1.29, 1.82) is 0 Å².